The number of rotatable bonds is 7. The maximum absolute atomic E-state index is 5.04. The van der Waals surface area contributed by atoms with E-state index in [2.05, 4.69) is 20.8 Å². The minimum absolute atomic E-state index is 0.915. The van der Waals surface area contributed by atoms with Crippen LogP contribution in [0.15, 0.2) is 0 Å². The number of unbranched alkanes of at least 4 members (excludes halogenated alkanes) is 1. The summed E-state index contributed by atoms with van der Waals surface area (Å²) in [5, 5.41) is 1.16. The summed E-state index contributed by atoms with van der Waals surface area (Å²) < 4.78 is 5.04. The summed E-state index contributed by atoms with van der Waals surface area (Å²) in [5.74, 6) is 0.941. The van der Waals surface area contributed by atoms with Gasteiger partial charge in [0.25, 0.3) is 0 Å². The highest BCUT2D eigenvalue weighted by Gasteiger charge is 2.20. The highest BCUT2D eigenvalue weighted by molar-refractivity contribution is 9.09. The number of hydrogen-bond acceptors (Lipinski definition) is 2. The highest BCUT2D eigenvalue weighted by Crippen LogP contribution is 2.20. The van der Waals surface area contributed by atoms with Crippen LogP contribution in [-0.2, 0) is 4.74 Å². The number of ether oxygens (including phenoxy) is 1. The molecule has 0 N–H and O–H groups in total. The largest absolute Gasteiger partial charge is 0.385 e. The quantitative estimate of drug-likeness (QED) is 0.517. The second kappa shape index (κ2) is 7.66. The number of nitrogens with zero attached hydrogens (tertiary/aromatic N) is 1. The average molecular weight is 264 g/mol. The fourth-order valence-electron chi connectivity index (χ4n) is 2.09. The lowest BCUT2D eigenvalue weighted by atomic mass is 10.1. The van der Waals surface area contributed by atoms with Crippen molar-refractivity contribution in [2.24, 2.45) is 5.92 Å². The molecule has 1 aliphatic heterocycles. The Morgan fingerprint density at radius 3 is 3.00 bits per heavy atom. The smallest absolute Gasteiger partial charge is 0.0462 e. The summed E-state index contributed by atoms with van der Waals surface area (Å²) in [6.45, 7) is 4.81. The van der Waals surface area contributed by atoms with Crippen molar-refractivity contribution in [2.75, 3.05) is 38.7 Å². The predicted octanol–water partition coefficient (Wildman–Crippen LogP) is 2.52. The molecule has 84 valence electrons. The van der Waals surface area contributed by atoms with E-state index in [1.165, 1.54) is 45.3 Å². The molecule has 1 atom stereocenters. The molecule has 14 heavy (non-hydrogen) atoms. The SMILES string of the molecule is COCCCCN1CCC(CCBr)C1. The number of likely N-dealkylation sites (tertiary alicyclic amines) is 1. The van der Waals surface area contributed by atoms with Gasteiger partial charge in [-0.05, 0) is 44.7 Å². The molecule has 0 spiro atoms. The minimum Gasteiger partial charge on any atom is -0.385 e. The fraction of sp³-hybridized carbons (Fsp3) is 1.00. The molecule has 0 amide bonds. The lowest BCUT2D eigenvalue weighted by Gasteiger charge is -2.15. The maximum Gasteiger partial charge on any atom is 0.0462 e. The van der Waals surface area contributed by atoms with E-state index in [0.717, 1.165) is 17.9 Å². The van der Waals surface area contributed by atoms with Crippen molar-refractivity contribution in [1.82, 2.24) is 4.90 Å². The van der Waals surface area contributed by atoms with Crippen LogP contribution in [0.4, 0.5) is 0 Å². The van der Waals surface area contributed by atoms with Gasteiger partial charge in [-0.2, -0.15) is 0 Å². The van der Waals surface area contributed by atoms with E-state index in [4.69, 9.17) is 4.74 Å². The molecule has 0 aliphatic carbocycles. The van der Waals surface area contributed by atoms with Crippen molar-refractivity contribution in [3.05, 3.63) is 0 Å². The highest BCUT2D eigenvalue weighted by atomic mass is 79.9. The van der Waals surface area contributed by atoms with E-state index in [1.807, 2.05) is 0 Å². The van der Waals surface area contributed by atoms with Crippen molar-refractivity contribution < 1.29 is 4.74 Å². The molecule has 0 aromatic rings. The van der Waals surface area contributed by atoms with Gasteiger partial charge in [0, 0.05) is 25.6 Å². The summed E-state index contributed by atoms with van der Waals surface area (Å²) >= 11 is 3.52. The van der Waals surface area contributed by atoms with Crippen molar-refractivity contribution in [3.8, 4) is 0 Å². The van der Waals surface area contributed by atoms with Gasteiger partial charge in [0.1, 0.15) is 0 Å². The van der Waals surface area contributed by atoms with Crippen LogP contribution >= 0.6 is 15.9 Å². The van der Waals surface area contributed by atoms with Crippen LogP contribution in [-0.4, -0.2) is 43.6 Å². The van der Waals surface area contributed by atoms with Gasteiger partial charge in [-0.15, -0.1) is 0 Å². The van der Waals surface area contributed by atoms with Crippen LogP contribution in [0.1, 0.15) is 25.7 Å². The first kappa shape index (κ1) is 12.5. The van der Waals surface area contributed by atoms with E-state index >= 15 is 0 Å². The van der Waals surface area contributed by atoms with Crippen LogP contribution in [0.2, 0.25) is 0 Å². The van der Waals surface area contributed by atoms with Gasteiger partial charge in [-0.25, -0.2) is 0 Å². The van der Waals surface area contributed by atoms with Crippen molar-refractivity contribution in [1.29, 1.82) is 0 Å². The molecule has 0 saturated carbocycles. The molecule has 0 radical (unpaired) electrons. The van der Waals surface area contributed by atoms with Gasteiger partial charge >= 0.3 is 0 Å². The number of methoxy groups -OCH3 is 1. The van der Waals surface area contributed by atoms with Gasteiger partial charge in [0.05, 0.1) is 0 Å². The number of halogens is 1. The Bertz CT molecular complexity index is 143. The molecule has 1 unspecified atom stereocenters. The molecule has 0 aromatic heterocycles. The topological polar surface area (TPSA) is 12.5 Å². The first-order chi connectivity index (χ1) is 6.86. The van der Waals surface area contributed by atoms with Crippen LogP contribution in [0.5, 0.6) is 0 Å². The molecule has 3 heteroatoms. The molecule has 1 saturated heterocycles. The first-order valence-electron chi connectivity index (χ1n) is 5.64. The first-order valence-corrected chi connectivity index (χ1v) is 6.76. The lowest BCUT2D eigenvalue weighted by Crippen LogP contribution is -2.22. The monoisotopic (exact) mass is 263 g/mol. The molecular formula is C11H22BrNO. The molecule has 1 aliphatic rings. The van der Waals surface area contributed by atoms with Gasteiger partial charge in [0.2, 0.25) is 0 Å². The van der Waals surface area contributed by atoms with Crippen LogP contribution in [0, 0.1) is 5.92 Å². The molecular weight excluding hydrogens is 242 g/mol. The standard InChI is InChI=1S/C11H22BrNO/c1-14-9-3-2-7-13-8-5-11(10-13)4-6-12/h11H,2-10H2,1H3. The van der Waals surface area contributed by atoms with Gasteiger partial charge < -0.3 is 9.64 Å². The Labute approximate surface area is 96.1 Å². The second-order valence-electron chi connectivity index (χ2n) is 4.13. The van der Waals surface area contributed by atoms with E-state index in [-0.39, 0.29) is 0 Å². The van der Waals surface area contributed by atoms with Gasteiger partial charge in [-0.1, -0.05) is 15.9 Å². The normalized spacial score (nSPS) is 23.1. The van der Waals surface area contributed by atoms with Crippen molar-refractivity contribution >= 4 is 15.9 Å². The molecule has 0 bridgehead atoms. The third kappa shape index (κ3) is 4.76. The van der Waals surface area contributed by atoms with Crippen molar-refractivity contribution in [3.63, 3.8) is 0 Å². The summed E-state index contributed by atoms with van der Waals surface area (Å²) in [6.07, 6.45) is 5.23. The predicted molar refractivity (Wildman–Crippen MR) is 64.1 cm³/mol. The fourth-order valence-corrected chi connectivity index (χ4v) is 2.74. The molecule has 1 rings (SSSR count). The third-order valence-electron chi connectivity index (χ3n) is 2.96. The number of alkyl halides is 1. The molecule has 0 aromatic carbocycles. The van der Waals surface area contributed by atoms with Crippen molar-refractivity contribution in [2.45, 2.75) is 25.7 Å². The zero-order valence-electron chi connectivity index (χ0n) is 9.17. The summed E-state index contributed by atoms with van der Waals surface area (Å²) in [6, 6.07) is 0. The summed E-state index contributed by atoms with van der Waals surface area (Å²) in [7, 11) is 1.78. The Kier molecular flexibility index (Phi) is 6.82. The van der Waals surface area contributed by atoms with E-state index < -0.39 is 0 Å². The Morgan fingerprint density at radius 1 is 1.43 bits per heavy atom. The lowest BCUT2D eigenvalue weighted by molar-refractivity contribution is 0.186. The molecule has 2 nitrogen and oxygen atoms in total. The summed E-state index contributed by atoms with van der Waals surface area (Å²) in [5.41, 5.74) is 0. The third-order valence-corrected chi connectivity index (χ3v) is 3.42. The molecule has 1 fully saturated rings. The zero-order valence-corrected chi connectivity index (χ0v) is 10.8. The average Bonchev–Trinajstić information content (AvgIpc) is 2.61. The van der Waals surface area contributed by atoms with Crippen LogP contribution < -0.4 is 0 Å². The Morgan fingerprint density at radius 2 is 2.29 bits per heavy atom. The van der Waals surface area contributed by atoms with Gasteiger partial charge in [-0.3, -0.25) is 0 Å². The number of hydrogen-bond donors (Lipinski definition) is 0. The minimum atomic E-state index is 0.915. The zero-order chi connectivity index (χ0) is 10.2. The Hall–Kier alpha value is 0.400. The summed E-state index contributed by atoms with van der Waals surface area (Å²) in [4.78, 5) is 2.60. The Balaban J connectivity index is 1.98. The van der Waals surface area contributed by atoms with Crippen LogP contribution in [0.3, 0.4) is 0 Å². The maximum atomic E-state index is 5.04. The molecule has 1 heterocycles. The van der Waals surface area contributed by atoms with Gasteiger partial charge in [0.15, 0.2) is 0 Å². The van der Waals surface area contributed by atoms with E-state index in [0.29, 0.717) is 0 Å². The van der Waals surface area contributed by atoms with E-state index in [9.17, 15) is 0 Å². The van der Waals surface area contributed by atoms with E-state index in [1.54, 1.807) is 7.11 Å². The second-order valence-corrected chi connectivity index (χ2v) is 4.93. The van der Waals surface area contributed by atoms with Crippen LogP contribution in [0.25, 0.3) is 0 Å².